The van der Waals surface area contributed by atoms with Gasteiger partial charge in [0, 0.05) is 26.2 Å². The van der Waals surface area contributed by atoms with E-state index in [9.17, 15) is 18.0 Å². The van der Waals surface area contributed by atoms with Crippen molar-refractivity contribution in [3.05, 3.63) is 24.3 Å². The first kappa shape index (κ1) is 18.1. The van der Waals surface area contributed by atoms with E-state index in [1.165, 1.54) is 36.1 Å². The second-order valence-electron chi connectivity index (χ2n) is 4.80. The Bertz CT molecular complexity index is 640. The zero-order chi connectivity index (χ0) is 16.9. The van der Waals surface area contributed by atoms with Crippen molar-refractivity contribution in [3.63, 3.8) is 0 Å². The highest BCUT2D eigenvalue weighted by Gasteiger charge is 2.25. The Hall–Kier alpha value is -1.93. The van der Waals surface area contributed by atoms with Crippen LogP contribution >= 0.6 is 0 Å². The molecule has 0 aliphatic carbocycles. The maximum atomic E-state index is 12.5. The third-order valence-corrected chi connectivity index (χ3v) is 4.98. The average Bonchev–Trinajstić information content (AvgIpc) is 2.45. The molecule has 1 aromatic carbocycles. The first-order valence-corrected chi connectivity index (χ1v) is 8.20. The van der Waals surface area contributed by atoms with Crippen molar-refractivity contribution in [3.8, 4) is 0 Å². The Morgan fingerprint density at radius 2 is 1.73 bits per heavy atom. The Kier molecular flexibility index (Phi) is 6.07. The molecule has 0 aliphatic rings. The summed E-state index contributed by atoms with van der Waals surface area (Å²) < 4.78 is 25.8. The molecule has 1 N–H and O–H groups in total. The van der Waals surface area contributed by atoms with Gasteiger partial charge in [-0.05, 0) is 30.7 Å². The fourth-order valence-electron chi connectivity index (χ4n) is 1.86. The molecule has 0 saturated heterocycles. The zero-order valence-corrected chi connectivity index (χ0v) is 13.6. The minimum Gasteiger partial charge on any atom is -0.480 e. The topological polar surface area (TPSA) is 95.0 Å². The van der Waals surface area contributed by atoms with Gasteiger partial charge in [-0.25, -0.2) is 8.42 Å². The van der Waals surface area contributed by atoms with Gasteiger partial charge in [-0.3, -0.25) is 9.59 Å². The molecule has 7 nitrogen and oxygen atoms in total. The minimum absolute atomic E-state index is 0.00269. The van der Waals surface area contributed by atoms with Crippen LogP contribution < -0.4 is 4.90 Å². The van der Waals surface area contributed by atoms with E-state index in [0.717, 1.165) is 4.31 Å². The summed E-state index contributed by atoms with van der Waals surface area (Å²) in [4.78, 5) is 23.5. The van der Waals surface area contributed by atoms with Crippen molar-refractivity contribution >= 4 is 27.6 Å². The smallest absolute Gasteiger partial charge is 0.318 e. The molecule has 0 radical (unpaired) electrons. The van der Waals surface area contributed by atoms with Crippen molar-refractivity contribution in [1.82, 2.24) is 4.31 Å². The Balaban J connectivity index is 3.10. The van der Waals surface area contributed by atoms with E-state index in [1.54, 1.807) is 14.0 Å². The lowest BCUT2D eigenvalue weighted by atomic mass is 10.3. The molecule has 0 atom stereocenters. The standard InChI is InChI=1S/C14H20N2O5S/c1-4-9-16(10-14(18)19)22(20,21)13-7-5-12(6-8-13)15(3)11(2)17/h5-8H,4,9-10H2,1-3H3,(H,18,19). The van der Waals surface area contributed by atoms with Crippen LogP contribution in [0.4, 0.5) is 5.69 Å². The number of anilines is 1. The van der Waals surface area contributed by atoms with E-state index < -0.39 is 22.5 Å². The van der Waals surface area contributed by atoms with E-state index in [4.69, 9.17) is 5.11 Å². The molecule has 0 saturated carbocycles. The van der Waals surface area contributed by atoms with E-state index in [2.05, 4.69) is 0 Å². The molecule has 1 aromatic rings. The predicted molar refractivity (Wildman–Crippen MR) is 82.2 cm³/mol. The van der Waals surface area contributed by atoms with E-state index >= 15 is 0 Å². The Labute approximate surface area is 130 Å². The predicted octanol–water partition coefficient (Wildman–Crippen LogP) is 1.15. The van der Waals surface area contributed by atoms with Gasteiger partial charge >= 0.3 is 5.97 Å². The molecule has 0 spiro atoms. The number of rotatable bonds is 7. The van der Waals surface area contributed by atoms with Gasteiger partial charge in [0.1, 0.15) is 6.54 Å². The van der Waals surface area contributed by atoms with Gasteiger partial charge in [0.2, 0.25) is 15.9 Å². The van der Waals surface area contributed by atoms with Crippen LogP contribution in [-0.4, -0.2) is 49.8 Å². The van der Waals surface area contributed by atoms with E-state index in [1.807, 2.05) is 0 Å². The molecule has 1 rings (SSSR count). The molecule has 0 aliphatic heterocycles. The fraction of sp³-hybridized carbons (Fsp3) is 0.429. The van der Waals surface area contributed by atoms with Crippen LogP contribution in [0.15, 0.2) is 29.2 Å². The van der Waals surface area contributed by atoms with Crippen molar-refractivity contribution in [2.24, 2.45) is 0 Å². The molecule has 0 heterocycles. The van der Waals surface area contributed by atoms with Gasteiger partial charge < -0.3 is 10.0 Å². The molecular formula is C14H20N2O5S. The number of hydrogen-bond donors (Lipinski definition) is 1. The number of sulfonamides is 1. The summed E-state index contributed by atoms with van der Waals surface area (Å²) >= 11 is 0. The van der Waals surface area contributed by atoms with Gasteiger partial charge in [0.25, 0.3) is 0 Å². The van der Waals surface area contributed by atoms with Crippen molar-refractivity contribution in [1.29, 1.82) is 0 Å². The molecule has 0 bridgehead atoms. The number of benzene rings is 1. The van der Waals surface area contributed by atoms with E-state index in [-0.39, 0.29) is 17.3 Å². The average molecular weight is 328 g/mol. The van der Waals surface area contributed by atoms with Crippen LogP contribution in [0, 0.1) is 0 Å². The highest BCUT2D eigenvalue weighted by atomic mass is 32.2. The van der Waals surface area contributed by atoms with Crippen LogP contribution in [0.5, 0.6) is 0 Å². The van der Waals surface area contributed by atoms with Gasteiger partial charge in [-0.15, -0.1) is 0 Å². The maximum absolute atomic E-state index is 12.5. The van der Waals surface area contributed by atoms with Gasteiger partial charge in [-0.1, -0.05) is 6.92 Å². The highest BCUT2D eigenvalue weighted by Crippen LogP contribution is 2.20. The first-order valence-electron chi connectivity index (χ1n) is 6.76. The molecule has 1 amide bonds. The second kappa shape index (κ2) is 7.37. The lowest BCUT2D eigenvalue weighted by Gasteiger charge is -2.20. The fourth-order valence-corrected chi connectivity index (χ4v) is 3.34. The number of hydrogen-bond acceptors (Lipinski definition) is 4. The molecule has 22 heavy (non-hydrogen) atoms. The third kappa shape index (κ3) is 4.28. The van der Waals surface area contributed by atoms with Crippen molar-refractivity contribution in [2.75, 3.05) is 25.0 Å². The number of aliphatic carboxylic acids is 1. The summed E-state index contributed by atoms with van der Waals surface area (Å²) in [5.74, 6) is -1.38. The SMILES string of the molecule is CCCN(CC(=O)O)S(=O)(=O)c1ccc(N(C)C(C)=O)cc1. The zero-order valence-electron chi connectivity index (χ0n) is 12.8. The van der Waals surface area contributed by atoms with Crippen LogP contribution in [0.25, 0.3) is 0 Å². The van der Waals surface area contributed by atoms with Crippen LogP contribution in [0.1, 0.15) is 20.3 Å². The molecule has 122 valence electrons. The summed E-state index contributed by atoms with van der Waals surface area (Å²) in [5, 5.41) is 8.85. The number of carbonyl (C=O) groups excluding carboxylic acids is 1. The number of carboxylic acids is 1. The molecule has 0 aromatic heterocycles. The summed E-state index contributed by atoms with van der Waals surface area (Å²) in [6.45, 7) is 2.73. The van der Waals surface area contributed by atoms with Gasteiger partial charge in [0.15, 0.2) is 0 Å². The minimum atomic E-state index is -3.87. The lowest BCUT2D eigenvalue weighted by Crippen LogP contribution is -2.36. The van der Waals surface area contributed by atoms with Gasteiger partial charge in [0.05, 0.1) is 4.90 Å². The van der Waals surface area contributed by atoms with Crippen LogP contribution in [0.2, 0.25) is 0 Å². The van der Waals surface area contributed by atoms with Crippen LogP contribution in [-0.2, 0) is 19.6 Å². The Morgan fingerprint density at radius 1 is 1.18 bits per heavy atom. The van der Waals surface area contributed by atoms with Crippen molar-refractivity contribution < 1.29 is 23.1 Å². The summed E-state index contributed by atoms with van der Waals surface area (Å²) in [6, 6.07) is 5.77. The molecule has 8 heteroatoms. The van der Waals surface area contributed by atoms with Crippen molar-refractivity contribution in [2.45, 2.75) is 25.2 Å². The monoisotopic (exact) mass is 328 g/mol. The Morgan fingerprint density at radius 3 is 2.14 bits per heavy atom. The number of carbonyl (C=O) groups is 2. The molecular weight excluding hydrogens is 308 g/mol. The summed E-state index contributed by atoms with van der Waals surface area (Å²) in [6.07, 6.45) is 0.512. The largest absolute Gasteiger partial charge is 0.480 e. The molecule has 0 fully saturated rings. The number of amides is 1. The maximum Gasteiger partial charge on any atom is 0.318 e. The van der Waals surface area contributed by atoms with Crippen LogP contribution in [0.3, 0.4) is 0 Å². The number of carboxylic acid groups (broad SMARTS) is 1. The van der Waals surface area contributed by atoms with Gasteiger partial charge in [-0.2, -0.15) is 4.31 Å². The first-order chi connectivity index (χ1) is 10.2. The normalized spacial score (nSPS) is 11.5. The molecule has 0 unspecified atom stereocenters. The van der Waals surface area contributed by atoms with E-state index in [0.29, 0.717) is 12.1 Å². The highest BCUT2D eigenvalue weighted by molar-refractivity contribution is 7.89. The summed E-state index contributed by atoms with van der Waals surface area (Å²) in [7, 11) is -2.29. The quantitative estimate of drug-likeness (QED) is 0.810. The summed E-state index contributed by atoms with van der Waals surface area (Å²) in [5.41, 5.74) is 0.562. The third-order valence-electron chi connectivity index (χ3n) is 3.12. The number of nitrogens with zero attached hydrogens (tertiary/aromatic N) is 2. The second-order valence-corrected chi connectivity index (χ2v) is 6.74. The lowest BCUT2D eigenvalue weighted by molar-refractivity contribution is -0.137.